The molecule has 0 unspecified atom stereocenters. The molecule has 2 aromatic carbocycles. The fourth-order valence-corrected chi connectivity index (χ4v) is 5.15. The first-order chi connectivity index (χ1) is 15.7. The summed E-state index contributed by atoms with van der Waals surface area (Å²) >= 11 is 0. The maximum absolute atomic E-state index is 13.4. The molecule has 1 heterocycles. The minimum absolute atomic E-state index is 0.0433. The van der Waals surface area contributed by atoms with Gasteiger partial charge in [0.2, 0.25) is 10.0 Å². The molecule has 4 rings (SSSR count). The summed E-state index contributed by atoms with van der Waals surface area (Å²) in [5, 5.41) is 13.1. The van der Waals surface area contributed by atoms with Crippen molar-refractivity contribution < 1.29 is 22.4 Å². The average Bonchev–Trinajstić information content (AvgIpc) is 3.53. The van der Waals surface area contributed by atoms with E-state index >= 15 is 0 Å². The number of nitrogens with one attached hydrogen (secondary N) is 1. The summed E-state index contributed by atoms with van der Waals surface area (Å²) in [5.41, 5.74) is 8.65. The monoisotopic (exact) mass is 473 g/mol. The van der Waals surface area contributed by atoms with Crippen LogP contribution in [0.25, 0.3) is 22.3 Å². The molecule has 1 saturated carbocycles. The molecule has 0 saturated heterocycles. The number of hydrogen-bond donors (Lipinski definition) is 3. The number of nitrogens with zero attached hydrogens (tertiary/aromatic N) is 1. The molecule has 0 amide bonds. The fourth-order valence-electron chi connectivity index (χ4n) is 3.99. The van der Waals surface area contributed by atoms with Crippen molar-refractivity contribution in [1.82, 2.24) is 0 Å². The van der Waals surface area contributed by atoms with Crippen LogP contribution in [0.2, 0.25) is 0 Å². The minimum Gasteiger partial charge on any atom is -0.455 e. The molecule has 0 atom stereocenters. The SMILES string of the molecule is CC(C)CCCS(=O)(=O)Nc1cc2oc(-c3ccc(F)cc3)c(/C(N)=N/O)c2cc1C1CC1. The van der Waals surface area contributed by atoms with Crippen LogP contribution in [0, 0.1) is 11.7 Å². The van der Waals surface area contributed by atoms with Crippen LogP contribution in [0.1, 0.15) is 56.6 Å². The highest BCUT2D eigenvalue weighted by atomic mass is 32.2. The van der Waals surface area contributed by atoms with Crippen molar-refractivity contribution in [2.45, 2.75) is 45.4 Å². The number of fused-ring (bicyclic) bond motifs is 1. The van der Waals surface area contributed by atoms with Gasteiger partial charge in [0.1, 0.15) is 17.2 Å². The smallest absolute Gasteiger partial charge is 0.232 e. The van der Waals surface area contributed by atoms with Crippen LogP contribution in [-0.2, 0) is 10.0 Å². The Bertz CT molecular complexity index is 1290. The van der Waals surface area contributed by atoms with Crippen LogP contribution in [0.3, 0.4) is 0 Å². The van der Waals surface area contributed by atoms with Crippen molar-refractivity contribution in [3.05, 3.63) is 53.3 Å². The van der Waals surface area contributed by atoms with E-state index in [0.29, 0.717) is 45.9 Å². The summed E-state index contributed by atoms with van der Waals surface area (Å²) < 4.78 is 47.7. The largest absolute Gasteiger partial charge is 0.455 e. The number of rotatable bonds is 9. The van der Waals surface area contributed by atoms with Crippen molar-refractivity contribution in [2.75, 3.05) is 10.5 Å². The molecule has 1 aliphatic carbocycles. The van der Waals surface area contributed by atoms with Gasteiger partial charge in [-0.15, -0.1) is 0 Å². The number of oxime groups is 1. The molecule has 0 bridgehead atoms. The van der Waals surface area contributed by atoms with Crippen LogP contribution >= 0.6 is 0 Å². The highest BCUT2D eigenvalue weighted by molar-refractivity contribution is 7.92. The van der Waals surface area contributed by atoms with Gasteiger partial charge in [0.15, 0.2) is 5.84 Å². The summed E-state index contributed by atoms with van der Waals surface area (Å²) in [5.74, 6) is 0.485. The third-order valence-corrected chi connectivity index (χ3v) is 7.16. The van der Waals surface area contributed by atoms with E-state index in [2.05, 4.69) is 23.7 Å². The highest BCUT2D eigenvalue weighted by Crippen LogP contribution is 2.46. The molecule has 3 aromatic rings. The first-order valence-corrected chi connectivity index (χ1v) is 12.7. The molecule has 0 radical (unpaired) electrons. The quantitative estimate of drug-likeness (QED) is 0.167. The predicted octanol–water partition coefficient (Wildman–Crippen LogP) is 5.39. The zero-order valence-corrected chi connectivity index (χ0v) is 19.5. The van der Waals surface area contributed by atoms with E-state index in [1.54, 1.807) is 18.2 Å². The van der Waals surface area contributed by atoms with E-state index in [9.17, 15) is 18.0 Å². The number of benzene rings is 2. The van der Waals surface area contributed by atoms with E-state index in [-0.39, 0.29) is 17.5 Å². The zero-order valence-electron chi connectivity index (χ0n) is 18.6. The zero-order chi connectivity index (χ0) is 23.8. The Kier molecular flexibility index (Phi) is 6.34. The van der Waals surface area contributed by atoms with Gasteiger partial charge in [-0.25, -0.2) is 12.8 Å². The normalized spacial score (nSPS) is 14.8. The Morgan fingerprint density at radius 3 is 2.58 bits per heavy atom. The maximum Gasteiger partial charge on any atom is 0.232 e. The first kappa shape index (κ1) is 23.1. The lowest BCUT2D eigenvalue weighted by Gasteiger charge is -2.13. The van der Waals surface area contributed by atoms with E-state index in [0.717, 1.165) is 24.8 Å². The van der Waals surface area contributed by atoms with Crippen LogP contribution in [0.15, 0.2) is 46.0 Å². The van der Waals surface area contributed by atoms with E-state index in [4.69, 9.17) is 10.2 Å². The van der Waals surface area contributed by atoms with Gasteiger partial charge in [0.25, 0.3) is 0 Å². The molecule has 9 heteroatoms. The molecular weight excluding hydrogens is 445 g/mol. The third-order valence-electron chi connectivity index (χ3n) is 5.81. The van der Waals surface area contributed by atoms with Gasteiger partial charge in [-0.2, -0.15) is 0 Å². The molecule has 0 aliphatic heterocycles. The summed E-state index contributed by atoms with van der Waals surface area (Å²) in [4.78, 5) is 0. The van der Waals surface area contributed by atoms with Gasteiger partial charge < -0.3 is 15.4 Å². The lowest BCUT2D eigenvalue weighted by Crippen LogP contribution is -2.18. The minimum atomic E-state index is -3.53. The highest BCUT2D eigenvalue weighted by Gasteiger charge is 2.30. The number of hydrogen-bond acceptors (Lipinski definition) is 5. The summed E-state index contributed by atoms with van der Waals surface area (Å²) in [6.07, 6.45) is 3.32. The van der Waals surface area contributed by atoms with Crippen molar-refractivity contribution >= 4 is 32.5 Å². The predicted molar refractivity (Wildman–Crippen MR) is 128 cm³/mol. The van der Waals surface area contributed by atoms with Crippen molar-refractivity contribution in [2.24, 2.45) is 16.8 Å². The van der Waals surface area contributed by atoms with E-state index in [1.165, 1.54) is 12.1 Å². The van der Waals surface area contributed by atoms with Crippen LogP contribution in [0.4, 0.5) is 10.1 Å². The van der Waals surface area contributed by atoms with Gasteiger partial charge in [-0.3, -0.25) is 4.72 Å². The number of anilines is 1. The summed E-state index contributed by atoms with van der Waals surface area (Å²) in [7, 11) is -3.53. The second-order valence-electron chi connectivity index (χ2n) is 8.97. The van der Waals surface area contributed by atoms with Crippen LogP contribution in [-0.4, -0.2) is 25.2 Å². The molecular formula is C24H28FN3O4S. The molecule has 0 spiro atoms. The van der Waals surface area contributed by atoms with Gasteiger partial charge in [-0.1, -0.05) is 19.0 Å². The summed E-state index contributed by atoms with van der Waals surface area (Å²) in [6.45, 7) is 4.13. The van der Waals surface area contributed by atoms with Gasteiger partial charge in [-0.05, 0) is 73.4 Å². The number of halogens is 1. The topological polar surface area (TPSA) is 118 Å². The van der Waals surface area contributed by atoms with Gasteiger partial charge in [0.05, 0.1) is 17.0 Å². The van der Waals surface area contributed by atoms with Crippen molar-refractivity contribution in [1.29, 1.82) is 0 Å². The second-order valence-corrected chi connectivity index (χ2v) is 10.8. The number of nitrogens with two attached hydrogens (primary N) is 1. The molecule has 1 fully saturated rings. The number of furan rings is 1. The van der Waals surface area contributed by atoms with Crippen LogP contribution in [0.5, 0.6) is 0 Å². The Morgan fingerprint density at radius 1 is 1.27 bits per heavy atom. The van der Waals surface area contributed by atoms with Crippen molar-refractivity contribution in [3.8, 4) is 11.3 Å². The number of sulfonamides is 1. The van der Waals surface area contributed by atoms with Crippen molar-refractivity contribution in [3.63, 3.8) is 0 Å². The maximum atomic E-state index is 13.4. The number of amidine groups is 1. The molecule has 1 aliphatic rings. The molecule has 7 nitrogen and oxygen atoms in total. The molecule has 1 aromatic heterocycles. The standard InChI is InChI=1S/C24H28FN3O4S/c1-14(2)4-3-11-33(30,31)28-20-13-21-19(12-18(20)15-5-6-15)22(24(26)27-29)23(32-21)16-7-9-17(25)10-8-16/h7-10,12-15,28-29H,3-6,11H2,1-2H3,(H2,26,27). The molecule has 176 valence electrons. The average molecular weight is 474 g/mol. The Morgan fingerprint density at radius 2 is 1.97 bits per heavy atom. The summed E-state index contributed by atoms with van der Waals surface area (Å²) in [6, 6.07) is 9.19. The molecule has 33 heavy (non-hydrogen) atoms. The van der Waals surface area contributed by atoms with E-state index in [1.807, 2.05) is 6.07 Å². The Balaban J connectivity index is 1.80. The second kappa shape index (κ2) is 9.05. The molecule has 4 N–H and O–H groups in total. The van der Waals surface area contributed by atoms with Gasteiger partial charge in [0, 0.05) is 17.0 Å². The van der Waals surface area contributed by atoms with Gasteiger partial charge >= 0.3 is 0 Å². The third kappa shape index (κ3) is 5.13. The first-order valence-electron chi connectivity index (χ1n) is 11.0. The lowest BCUT2D eigenvalue weighted by atomic mass is 10.0. The fraction of sp³-hybridized carbons (Fsp3) is 0.375. The Labute approximate surface area is 192 Å². The van der Waals surface area contributed by atoms with E-state index < -0.39 is 15.8 Å². The van der Waals surface area contributed by atoms with Crippen LogP contribution < -0.4 is 10.5 Å². The Hall–Kier alpha value is -3.07. The lowest BCUT2D eigenvalue weighted by molar-refractivity contribution is 0.318.